The van der Waals surface area contributed by atoms with Crippen molar-refractivity contribution in [2.24, 2.45) is 0 Å². The molecule has 2 heterocycles. The average Bonchev–Trinajstić information content (AvgIpc) is 2.72. The summed E-state index contributed by atoms with van der Waals surface area (Å²) in [5.41, 5.74) is 2.42. The Morgan fingerprint density at radius 1 is 1.46 bits per heavy atom. The molecule has 0 saturated carbocycles. The van der Waals surface area contributed by atoms with Crippen LogP contribution in [-0.4, -0.2) is 15.4 Å². The molecule has 0 aliphatic carbocycles. The van der Waals surface area contributed by atoms with Crippen LogP contribution in [0.1, 0.15) is 16.1 Å². The highest BCUT2D eigenvalue weighted by Gasteiger charge is 2.01. The molecule has 0 fully saturated rings. The lowest BCUT2D eigenvalue weighted by atomic mass is 10.2. The molecule has 0 unspecified atom stereocenters. The minimum atomic E-state index is 0.970. The number of nitrogens with one attached hydrogen (secondary N) is 1. The van der Waals surface area contributed by atoms with Gasteiger partial charge in [-0.2, -0.15) is 15.4 Å². The van der Waals surface area contributed by atoms with Gasteiger partial charge in [0.1, 0.15) is 0 Å². The Bertz CT molecular complexity index is 364. The van der Waals surface area contributed by atoms with Crippen LogP contribution in [0.15, 0.2) is 17.6 Å². The van der Waals surface area contributed by atoms with E-state index >= 15 is 0 Å². The lowest BCUT2D eigenvalue weighted by Crippen LogP contribution is -1.90. The number of hydrogen-bond donors (Lipinski definition) is 1. The van der Waals surface area contributed by atoms with E-state index in [0.717, 1.165) is 18.5 Å². The Balaban J connectivity index is 1.97. The summed E-state index contributed by atoms with van der Waals surface area (Å²) in [5, 5.41) is 12.5. The van der Waals surface area contributed by atoms with E-state index in [2.05, 4.69) is 33.8 Å². The Hall–Kier alpha value is -1.16. The molecule has 2 aromatic rings. The Kier molecular flexibility index (Phi) is 2.40. The van der Waals surface area contributed by atoms with E-state index in [-0.39, 0.29) is 0 Å². The van der Waals surface area contributed by atoms with E-state index in [1.807, 2.05) is 11.3 Å². The van der Waals surface area contributed by atoms with Crippen LogP contribution >= 0.6 is 11.3 Å². The fraction of sp³-hybridized carbons (Fsp3) is 0.333. The summed E-state index contributed by atoms with van der Waals surface area (Å²) < 4.78 is 0. The van der Waals surface area contributed by atoms with Crippen LogP contribution in [0.5, 0.6) is 0 Å². The minimum Gasteiger partial charge on any atom is -0.198 e. The zero-order chi connectivity index (χ0) is 9.10. The molecule has 2 aromatic heterocycles. The average molecular weight is 193 g/mol. The van der Waals surface area contributed by atoms with Gasteiger partial charge < -0.3 is 0 Å². The fourth-order valence-corrected chi connectivity index (χ4v) is 2.16. The van der Waals surface area contributed by atoms with E-state index in [1.165, 1.54) is 10.4 Å². The molecule has 0 radical (unpaired) electrons. The lowest BCUT2D eigenvalue weighted by Gasteiger charge is -1.95. The van der Waals surface area contributed by atoms with Gasteiger partial charge in [-0.15, -0.1) is 11.3 Å². The van der Waals surface area contributed by atoms with Gasteiger partial charge in [0.15, 0.2) is 0 Å². The normalized spacial score (nSPS) is 10.5. The maximum Gasteiger partial charge on any atom is 0.0828 e. The summed E-state index contributed by atoms with van der Waals surface area (Å²) in [6.07, 6.45) is 3.82. The van der Waals surface area contributed by atoms with Crippen LogP contribution in [0.25, 0.3) is 0 Å². The highest BCUT2D eigenvalue weighted by molar-refractivity contribution is 7.10. The van der Waals surface area contributed by atoms with Crippen LogP contribution in [0.2, 0.25) is 0 Å². The zero-order valence-electron chi connectivity index (χ0n) is 7.45. The second kappa shape index (κ2) is 3.70. The van der Waals surface area contributed by atoms with E-state index in [1.54, 1.807) is 6.20 Å². The highest BCUT2D eigenvalue weighted by atomic mass is 32.1. The summed E-state index contributed by atoms with van der Waals surface area (Å²) >= 11 is 1.81. The molecule has 0 aliphatic heterocycles. The molecule has 0 bridgehead atoms. The van der Waals surface area contributed by atoms with Gasteiger partial charge in [0.05, 0.1) is 11.9 Å². The molecule has 2 rings (SSSR count). The first-order chi connectivity index (χ1) is 6.36. The Labute approximate surface area is 80.8 Å². The molecule has 3 nitrogen and oxygen atoms in total. The third-order valence-electron chi connectivity index (χ3n) is 2.04. The predicted molar refractivity (Wildman–Crippen MR) is 52.8 cm³/mol. The first kappa shape index (κ1) is 8.44. The largest absolute Gasteiger partial charge is 0.198 e. The van der Waals surface area contributed by atoms with Crippen molar-refractivity contribution >= 4 is 11.3 Å². The quantitative estimate of drug-likeness (QED) is 0.809. The summed E-state index contributed by atoms with van der Waals surface area (Å²) in [6, 6.07) is 2.16. The van der Waals surface area contributed by atoms with Crippen molar-refractivity contribution in [1.82, 2.24) is 15.4 Å². The van der Waals surface area contributed by atoms with Crippen molar-refractivity contribution < 1.29 is 0 Å². The first-order valence-electron chi connectivity index (χ1n) is 4.24. The Morgan fingerprint density at radius 2 is 2.38 bits per heavy atom. The number of aryl methyl sites for hydroxylation is 3. The standard InChI is InChI=1S/C9H11N3S/c1-7-4-5-13-9(7)3-2-8-6-10-12-11-8/h4-6H,2-3H2,1H3,(H,10,11,12). The van der Waals surface area contributed by atoms with E-state index in [4.69, 9.17) is 0 Å². The molecule has 0 atom stereocenters. The molecule has 0 aliphatic rings. The van der Waals surface area contributed by atoms with Crippen molar-refractivity contribution in [2.75, 3.05) is 0 Å². The van der Waals surface area contributed by atoms with Crippen molar-refractivity contribution in [3.63, 3.8) is 0 Å². The van der Waals surface area contributed by atoms with Gasteiger partial charge in [0, 0.05) is 4.88 Å². The molecule has 0 spiro atoms. The summed E-state index contributed by atoms with van der Waals surface area (Å²) in [6.45, 7) is 2.15. The van der Waals surface area contributed by atoms with Gasteiger partial charge in [-0.05, 0) is 36.8 Å². The number of aromatic amines is 1. The third kappa shape index (κ3) is 1.95. The number of nitrogens with zero attached hydrogens (tertiary/aromatic N) is 2. The van der Waals surface area contributed by atoms with Gasteiger partial charge >= 0.3 is 0 Å². The number of aromatic nitrogens is 3. The van der Waals surface area contributed by atoms with Crippen molar-refractivity contribution in [1.29, 1.82) is 0 Å². The molecule has 68 valence electrons. The van der Waals surface area contributed by atoms with Gasteiger partial charge in [0.25, 0.3) is 0 Å². The smallest absolute Gasteiger partial charge is 0.0828 e. The van der Waals surface area contributed by atoms with Gasteiger partial charge in [0.2, 0.25) is 0 Å². The number of hydrogen-bond acceptors (Lipinski definition) is 3. The predicted octanol–water partition coefficient (Wildman–Crippen LogP) is 1.96. The van der Waals surface area contributed by atoms with Crippen molar-refractivity contribution in [3.05, 3.63) is 33.8 Å². The van der Waals surface area contributed by atoms with Gasteiger partial charge in [-0.3, -0.25) is 0 Å². The molecule has 0 saturated heterocycles. The molecular weight excluding hydrogens is 182 g/mol. The summed E-state index contributed by atoms with van der Waals surface area (Å²) in [4.78, 5) is 1.45. The van der Waals surface area contributed by atoms with Crippen LogP contribution in [0.3, 0.4) is 0 Å². The topological polar surface area (TPSA) is 41.6 Å². The van der Waals surface area contributed by atoms with Gasteiger partial charge in [-0.25, -0.2) is 0 Å². The molecule has 4 heteroatoms. The van der Waals surface area contributed by atoms with Crippen molar-refractivity contribution in [2.45, 2.75) is 19.8 Å². The third-order valence-corrected chi connectivity index (χ3v) is 3.12. The second-order valence-electron chi connectivity index (χ2n) is 2.99. The second-order valence-corrected chi connectivity index (χ2v) is 3.99. The van der Waals surface area contributed by atoms with Crippen LogP contribution in [-0.2, 0) is 12.8 Å². The van der Waals surface area contributed by atoms with E-state index < -0.39 is 0 Å². The zero-order valence-corrected chi connectivity index (χ0v) is 8.27. The number of rotatable bonds is 3. The van der Waals surface area contributed by atoms with Crippen LogP contribution in [0.4, 0.5) is 0 Å². The lowest BCUT2D eigenvalue weighted by molar-refractivity contribution is 0.875. The maximum absolute atomic E-state index is 4.01. The van der Waals surface area contributed by atoms with E-state index in [9.17, 15) is 0 Å². The van der Waals surface area contributed by atoms with Crippen molar-refractivity contribution in [3.8, 4) is 0 Å². The molecule has 0 aromatic carbocycles. The SMILES string of the molecule is Cc1ccsc1CCc1cn[nH]n1. The minimum absolute atomic E-state index is 0.970. The van der Waals surface area contributed by atoms with Crippen LogP contribution in [0, 0.1) is 6.92 Å². The fourth-order valence-electron chi connectivity index (χ4n) is 1.25. The molecule has 1 N–H and O–H groups in total. The highest BCUT2D eigenvalue weighted by Crippen LogP contribution is 2.17. The first-order valence-corrected chi connectivity index (χ1v) is 5.12. The number of H-pyrrole nitrogens is 1. The number of thiophene rings is 1. The molecule has 0 amide bonds. The summed E-state index contributed by atoms with van der Waals surface area (Å²) in [7, 11) is 0. The van der Waals surface area contributed by atoms with Crippen LogP contribution < -0.4 is 0 Å². The molecular formula is C9H11N3S. The maximum atomic E-state index is 4.01. The van der Waals surface area contributed by atoms with E-state index in [0.29, 0.717) is 0 Å². The van der Waals surface area contributed by atoms with Gasteiger partial charge in [-0.1, -0.05) is 0 Å². The summed E-state index contributed by atoms with van der Waals surface area (Å²) in [5.74, 6) is 0. The Morgan fingerprint density at radius 3 is 3.00 bits per heavy atom. The monoisotopic (exact) mass is 193 g/mol. The molecule has 13 heavy (non-hydrogen) atoms.